The molecule has 0 bridgehead atoms. The molecule has 1 fully saturated rings. The van der Waals surface area contributed by atoms with E-state index in [1.54, 1.807) is 0 Å². The molecule has 1 aromatic rings. The SMILES string of the molecule is CCCc1nc(C(=O)NC(C)C2CCC2)n[nH]1. The summed E-state index contributed by atoms with van der Waals surface area (Å²) in [7, 11) is 0. The highest BCUT2D eigenvalue weighted by atomic mass is 16.2. The molecule has 1 aromatic heterocycles. The largest absolute Gasteiger partial charge is 0.347 e. The van der Waals surface area contributed by atoms with Gasteiger partial charge in [0.05, 0.1) is 0 Å². The lowest BCUT2D eigenvalue weighted by Gasteiger charge is -2.31. The topological polar surface area (TPSA) is 70.7 Å². The Morgan fingerprint density at radius 2 is 2.35 bits per heavy atom. The molecule has 2 rings (SSSR count). The molecule has 1 atom stereocenters. The summed E-state index contributed by atoms with van der Waals surface area (Å²) >= 11 is 0. The fourth-order valence-corrected chi connectivity index (χ4v) is 2.07. The molecule has 94 valence electrons. The summed E-state index contributed by atoms with van der Waals surface area (Å²) in [6.45, 7) is 4.13. The number of hydrogen-bond acceptors (Lipinski definition) is 3. The van der Waals surface area contributed by atoms with Gasteiger partial charge in [-0.25, -0.2) is 4.98 Å². The number of aryl methyl sites for hydroxylation is 1. The summed E-state index contributed by atoms with van der Waals surface area (Å²) in [5.74, 6) is 1.52. The first kappa shape index (κ1) is 12.1. The molecule has 0 saturated heterocycles. The molecule has 5 nitrogen and oxygen atoms in total. The van der Waals surface area contributed by atoms with Gasteiger partial charge in [0, 0.05) is 12.5 Å². The van der Waals surface area contributed by atoms with Gasteiger partial charge < -0.3 is 5.32 Å². The zero-order chi connectivity index (χ0) is 12.3. The minimum atomic E-state index is -0.164. The predicted molar refractivity (Wildman–Crippen MR) is 64.6 cm³/mol. The van der Waals surface area contributed by atoms with Crippen LogP contribution in [0.15, 0.2) is 0 Å². The van der Waals surface area contributed by atoms with Crippen molar-refractivity contribution in [3.63, 3.8) is 0 Å². The van der Waals surface area contributed by atoms with E-state index in [1.807, 2.05) is 0 Å². The highest BCUT2D eigenvalue weighted by Crippen LogP contribution is 2.29. The summed E-state index contributed by atoms with van der Waals surface area (Å²) in [6.07, 6.45) is 5.55. The monoisotopic (exact) mass is 236 g/mol. The Balaban J connectivity index is 1.89. The molecule has 1 aliphatic rings. The molecule has 1 amide bonds. The molecular formula is C12H20N4O. The maximum absolute atomic E-state index is 11.9. The van der Waals surface area contributed by atoms with Gasteiger partial charge in [0.25, 0.3) is 5.91 Å². The van der Waals surface area contributed by atoms with Gasteiger partial charge in [0.2, 0.25) is 5.82 Å². The lowest BCUT2D eigenvalue weighted by Crippen LogP contribution is -2.41. The molecule has 5 heteroatoms. The highest BCUT2D eigenvalue weighted by Gasteiger charge is 2.26. The van der Waals surface area contributed by atoms with Crippen LogP contribution in [-0.4, -0.2) is 27.1 Å². The van der Waals surface area contributed by atoms with E-state index in [-0.39, 0.29) is 17.8 Å². The number of H-pyrrole nitrogens is 1. The second kappa shape index (κ2) is 5.29. The standard InChI is InChI=1S/C12H20N4O/c1-3-5-10-14-11(16-15-10)12(17)13-8(2)9-6-4-7-9/h8-9H,3-7H2,1-2H3,(H,13,17)(H,14,15,16). The zero-order valence-corrected chi connectivity index (χ0v) is 10.5. The van der Waals surface area contributed by atoms with Crippen molar-refractivity contribution in [1.29, 1.82) is 0 Å². The van der Waals surface area contributed by atoms with Gasteiger partial charge in [-0.05, 0) is 32.1 Å². The number of carbonyl (C=O) groups excluding carboxylic acids is 1. The summed E-state index contributed by atoms with van der Waals surface area (Å²) in [5, 5.41) is 9.71. The van der Waals surface area contributed by atoms with Crippen LogP contribution >= 0.6 is 0 Å². The Morgan fingerprint density at radius 3 is 2.94 bits per heavy atom. The molecule has 0 radical (unpaired) electrons. The van der Waals surface area contributed by atoms with Crippen LogP contribution < -0.4 is 5.32 Å². The first-order valence-electron chi connectivity index (χ1n) is 6.43. The molecular weight excluding hydrogens is 216 g/mol. The Labute approximate surface area is 101 Å². The molecule has 0 aliphatic heterocycles. The van der Waals surface area contributed by atoms with E-state index in [0.29, 0.717) is 5.92 Å². The van der Waals surface area contributed by atoms with E-state index in [2.05, 4.69) is 34.3 Å². The number of nitrogens with zero attached hydrogens (tertiary/aromatic N) is 2. The molecule has 1 heterocycles. The Kier molecular flexibility index (Phi) is 3.76. The number of rotatable bonds is 5. The van der Waals surface area contributed by atoms with Crippen molar-refractivity contribution < 1.29 is 4.79 Å². The average molecular weight is 236 g/mol. The fourth-order valence-electron chi connectivity index (χ4n) is 2.07. The quantitative estimate of drug-likeness (QED) is 0.817. The van der Waals surface area contributed by atoms with E-state index < -0.39 is 0 Å². The maximum Gasteiger partial charge on any atom is 0.291 e. The van der Waals surface area contributed by atoms with Crippen LogP contribution in [0, 0.1) is 5.92 Å². The third-order valence-corrected chi connectivity index (χ3v) is 3.44. The summed E-state index contributed by atoms with van der Waals surface area (Å²) < 4.78 is 0. The maximum atomic E-state index is 11.9. The van der Waals surface area contributed by atoms with Crippen LogP contribution in [-0.2, 0) is 6.42 Å². The van der Waals surface area contributed by atoms with Gasteiger partial charge in [-0.1, -0.05) is 13.3 Å². The predicted octanol–water partition coefficient (Wildman–Crippen LogP) is 1.68. The summed E-state index contributed by atoms with van der Waals surface area (Å²) in [5.41, 5.74) is 0. The number of hydrogen-bond donors (Lipinski definition) is 2. The van der Waals surface area contributed by atoms with Gasteiger partial charge in [0.1, 0.15) is 5.82 Å². The van der Waals surface area contributed by atoms with Gasteiger partial charge >= 0.3 is 0 Å². The van der Waals surface area contributed by atoms with E-state index in [0.717, 1.165) is 18.7 Å². The minimum absolute atomic E-state index is 0.164. The van der Waals surface area contributed by atoms with Crippen LogP contribution in [0.4, 0.5) is 0 Å². The zero-order valence-electron chi connectivity index (χ0n) is 10.5. The lowest BCUT2D eigenvalue weighted by molar-refractivity contribution is 0.0899. The summed E-state index contributed by atoms with van der Waals surface area (Å²) in [6, 6.07) is 0.226. The second-order valence-corrected chi connectivity index (χ2v) is 4.81. The molecule has 0 aromatic carbocycles. The van der Waals surface area contributed by atoms with Gasteiger partial charge in [-0.15, -0.1) is 5.10 Å². The molecule has 1 saturated carbocycles. The van der Waals surface area contributed by atoms with Gasteiger partial charge in [-0.2, -0.15) is 0 Å². The minimum Gasteiger partial charge on any atom is -0.347 e. The molecule has 1 unspecified atom stereocenters. The number of carbonyl (C=O) groups is 1. The number of nitrogens with one attached hydrogen (secondary N) is 2. The van der Waals surface area contributed by atoms with Crippen molar-refractivity contribution >= 4 is 5.91 Å². The van der Waals surface area contributed by atoms with Crippen LogP contribution in [0.1, 0.15) is 56.0 Å². The van der Waals surface area contributed by atoms with Crippen LogP contribution in [0.2, 0.25) is 0 Å². The van der Waals surface area contributed by atoms with Crippen molar-refractivity contribution in [2.45, 2.75) is 52.0 Å². The normalized spacial score (nSPS) is 17.5. The molecule has 2 N–H and O–H groups in total. The third kappa shape index (κ3) is 2.84. The third-order valence-electron chi connectivity index (χ3n) is 3.44. The van der Waals surface area contributed by atoms with Crippen molar-refractivity contribution in [2.75, 3.05) is 0 Å². The van der Waals surface area contributed by atoms with E-state index in [4.69, 9.17) is 0 Å². The fraction of sp³-hybridized carbons (Fsp3) is 0.750. The second-order valence-electron chi connectivity index (χ2n) is 4.81. The number of aromatic amines is 1. The Hall–Kier alpha value is -1.39. The first-order chi connectivity index (χ1) is 8.20. The Morgan fingerprint density at radius 1 is 1.59 bits per heavy atom. The van der Waals surface area contributed by atoms with E-state index in [1.165, 1.54) is 19.3 Å². The van der Waals surface area contributed by atoms with Crippen molar-refractivity contribution in [2.24, 2.45) is 5.92 Å². The lowest BCUT2D eigenvalue weighted by atomic mass is 9.80. The Bertz CT molecular complexity index is 384. The molecule has 1 aliphatic carbocycles. The van der Waals surface area contributed by atoms with Gasteiger partial charge in [0.15, 0.2) is 0 Å². The van der Waals surface area contributed by atoms with Gasteiger partial charge in [-0.3, -0.25) is 9.89 Å². The average Bonchev–Trinajstić information content (AvgIpc) is 2.64. The molecule has 17 heavy (non-hydrogen) atoms. The van der Waals surface area contributed by atoms with Crippen molar-refractivity contribution in [1.82, 2.24) is 20.5 Å². The highest BCUT2D eigenvalue weighted by molar-refractivity contribution is 5.90. The smallest absolute Gasteiger partial charge is 0.291 e. The first-order valence-corrected chi connectivity index (χ1v) is 6.43. The van der Waals surface area contributed by atoms with Crippen molar-refractivity contribution in [3.05, 3.63) is 11.6 Å². The number of aromatic nitrogens is 3. The van der Waals surface area contributed by atoms with E-state index in [9.17, 15) is 4.79 Å². The van der Waals surface area contributed by atoms with Crippen LogP contribution in [0.3, 0.4) is 0 Å². The number of amides is 1. The van der Waals surface area contributed by atoms with Crippen LogP contribution in [0.25, 0.3) is 0 Å². The van der Waals surface area contributed by atoms with E-state index >= 15 is 0 Å². The summed E-state index contributed by atoms with van der Waals surface area (Å²) in [4.78, 5) is 16.0. The van der Waals surface area contributed by atoms with Crippen LogP contribution in [0.5, 0.6) is 0 Å². The molecule has 0 spiro atoms. The van der Waals surface area contributed by atoms with Crippen molar-refractivity contribution in [3.8, 4) is 0 Å².